The van der Waals surface area contributed by atoms with Crippen molar-refractivity contribution in [2.24, 2.45) is 5.92 Å². The molecule has 0 radical (unpaired) electrons. The number of benzene rings is 1. The maximum atomic E-state index is 13.8. The van der Waals surface area contributed by atoms with Crippen LogP contribution in [0.25, 0.3) is 0 Å². The molecule has 1 amide bonds. The van der Waals surface area contributed by atoms with Gasteiger partial charge in [0.15, 0.2) is 11.6 Å². The zero-order valence-electron chi connectivity index (χ0n) is 13.1. The molecule has 0 aliphatic carbocycles. The SMILES string of the molecule is COc1ccc(N(C)C(=O)CC2CC3CCC(C2)N3)cc1F. The van der Waals surface area contributed by atoms with Crippen molar-refractivity contribution in [3.8, 4) is 5.75 Å². The highest BCUT2D eigenvalue weighted by Crippen LogP contribution is 2.33. The molecule has 2 aliphatic rings. The Hall–Kier alpha value is -1.62. The predicted molar refractivity (Wildman–Crippen MR) is 83.6 cm³/mol. The molecule has 2 heterocycles. The zero-order chi connectivity index (χ0) is 15.7. The quantitative estimate of drug-likeness (QED) is 0.930. The smallest absolute Gasteiger partial charge is 0.226 e. The first-order valence-corrected chi connectivity index (χ1v) is 7.93. The van der Waals surface area contributed by atoms with Gasteiger partial charge in [0.05, 0.1) is 7.11 Å². The molecule has 120 valence electrons. The van der Waals surface area contributed by atoms with Gasteiger partial charge >= 0.3 is 0 Å². The number of nitrogens with one attached hydrogen (secondary N) is 1. The third kappa shape index (κ3) is 3.09. The van der Waals surface area contributed by atoms with Crippen molar-refractivity contribution in [2.75, 3.05) is 19.1 Å². The van der Waals surface area contributed by atoms with Crippen molar-refractivity contribution in [3.05, 3.63) is 24.0 Å². The molecule has 5 heteroatoms. The van der Waals surface area contributed by atoms with E-state index in [4.69, 9.17) is 4.74 Å². The highest BCUT2D eigenvalue weighted by molar-refractivity contribution is 5.93. The number of ether oxygens (including phenoxy) is 1. The van der Waals surface area contributed by atoms with Crippen LogP contribution in [0.15, 0.2) is 18.2 Å². The lowest BCUT2D eigenvalue weighted by molar-refractivity contribution is -0.119. The van der Waals surface area contributed by atoms with Crippen LogP contribution in [0.5, 0.6) is 5.75 Å². The molecular weight excluding hydrogens is 283 g/mol. The first-order chi connectivity index (χ1) is 10.6. The Morgan fingerprint density at radius 3 is 2.64 bits per heavy atom. The number of anilines is 1. The maximum Gasteiger partial charge on any atom is 0.226 e. The van der Waals surface area contributed by atoms with Crippen LogP contribution >= 0.6 is 0 Å². The van der Waals surface area contributed by atoms with Crippen LogP contribution in [0, 0.1) is 11.7 Å². The van der Waals surface area contributed by atoms with Gasteiger partial charge in [-0.2, -0.15) is 0 Å². The first-order valence-electron chi connectivity index (χ1n) is 7.93. The number of piperidine rings is 1. The summed E-state index contributed by atoms with van der Waals surface area (Å²) < 4.78 is 18.7. The predicted octanol–water partition coefficient (Wildman–Crippen LogP) is 2.72. The van der Waals surface area contributed by atoms with E-state index >= 15 is 0 Å². The van der Waals surface area contributed by atoms with E-state index in [-0.39, 0.29) is 11.7 Å². The largest absolute Gasteiger partial charge is 0.494 e. The van der Waals surface area contributed by atoms with Crippen LogP contribution in [0.1, 0.15) is 32.1 Å². The van der Waals surface area contributed by atoms with Crippen molar-refractivity contribution in [2.45, 2.75) is 44.2 Å². The van der Waals surface area contributed by atoms with E-state index in [1.165, 1.54) is 26.0 Å². The maximum absolute atomic E-state index is 13.8. The van der Waals surface area contributed by atoms with Crippen molar-refractivity contribution in [3.63, 3.8) is 0 Å². The van der Waals surface area contributed by atoms with E-state index in [0.717, 1.165) is 12.8 Å². The summed E-state index contributed by atoms with van der Waals surface area (Å²) in [5.41, 5.74) is 0.570. The molecule has 0 spiro atoms. The number of rotatable bonds is 4. The first kappa shape index (κ1) is 15.3. The lowest BCUT2D eigenvalue weighted by atomic mass is 9.89. The van der Waals surface area contributed by atoms with Crippen molar-refractivity contribution in [1.29, 1.82) is 0 Å². The van der Waals surface area contributed by atoms with Crippen molar-refractivity contribution >= 4 is 11.6 Å². The van der Waals surface area contributed by atoms with Crippen LogP contribution in [-0.2, 0) is 4.79 Å². The van der Waals surface area contributed by atoms with Gasteiger partial charge in [-0.25, -0.2) is 4.39 Å². The summed E-state index contributed by atoms with van der Waals surface area (Å²) in [4.78, 5) is 14.0. The van der Waals surface area contributed by atoms with E-state index in [1.54, 1.807) is 24.1 Å². The summed E-state index contributed by atoms with van der Waals surface area (Å²) in [5.74, 6) is 0.242. The number of fused-ring (bicyclic) bond motifs is 2. The van der Waals surface area contributed by atoms with Crippen LogP contribution in [-0.4, -0.2) is 32.1 Å². The van der Waals surface area contributed by atoms with Gasteiger partial charge in [-0.15, -0.1) is 0 Å². The number of hydrogen-bond acceptors (Lipinski definition) is 3. The van der Waals surface area contributed by atoms with E-state index in [9.17, 15) is 9.18 Å². The van der Waals surface area contributed by atoms with Crippen LogP contribution in [0.3, 0.4) is 0 Å². The second kappa shape index (κ2) is 6.24. The highest BCUT2D eigenvalue weighted by atomic mass is 19.1. The number of nitrogens with zero attached hydrogens (tertiary/aromatic N) is 1. The van der Waals surface area contributed by atoms with E-state index in [2.05, 4.69) is 5.32 Å². The van der Waals surface area contributed by atoms with Crippen LogP contribution in [0.4, 0.5) is 10.1 Å². The van der Waals surface area contributed by atoms with Gasteiger partial charge in [-0.05, 0) is 43.7 Å². The third-order valence-corrected chi connectivity index (χ3v) is 4.93. The molecule has 2 saturated heterocycles. The molecular formula is C17H23FN2O2. The molecule has 22 heavy (non-hydrogen) atoms. The minimum absolute atomic E-state index is 0.0517. The number of carbonyl (C=O) groups is 1. The summed E-state index contributed by atoms with van der Waals surface area (Å²) >= 11 is 0. The molecule has 1 aromatic carbocycles. The molecule has 0 aromatic heterocycles. The Morgan fingerprint density at radius 2 is 2.05 bits per heavy atom. The summed E-state index contributed by atoms with van der Waals surface area (Å²) in [6.45, 7) is 0. The number of carbonyl (C=O) groups excluding carboxylic acids is 1. The van der Waals surface area contributed by atoms with Gasteiger partial charge in [-0.3, -0.25) is 4.79 Å². The minimum atomic E-state index is -0.445. The minimum Gasteiger partial charge on any atom is -0.494 e. The average molecular weight is 306 g/mol. The van der Waals surface area contributed by atoms with Crippen LogP contribution < -0.4 is 15.0 Å². The number of hydrogen-bond donors (Lipinski definition) is 1. The van der Waals surface area contributed by atoms with E-state index < -0.39 is 5.82 Å². The molecule has 2 unspecified atom stereocenters. The Kier molecular flexibility index (Phi) is 4.34. The van der Waals surface area contributed by atoms with Gasteiger partial charge < -0.3 is 15.0 Å². The standard InChI is InChI=1S/C17H23FN2O2/c1-20(14-5-6-16(22-2)15(18)10-14)17(21)9-11-7-12-3-4-13(8-11)19-12/h5-6,10-13,19H,3-4,7-9H2,1-2H3. The van der Waals surface area contributed by atoms with Gasteiger partial charge in [-0.1, -0.05) is 0 Å². The molecule has 4 nitrogen and oxygen atoms in total. The lowest BCUT2D eigenvalue weighted by Gasteiger charge is -2.30. The molecule has 0 saturated carbocycles. The Labute approximate surface area is 130 Å². The van der Waals surface area contributed by atoms with Gasteiger partial charge in [0, 0.05) is 37.3 Å². The van der Waals surface area contributed by atoms with Crippen molar-refractivity contribution in [1.82, 2.24) is 5.32 Å². The second-order valence-electron chi connectivity index (χ2n) is 6.45. The fraction of sp³-hybridized carbons (Fsp3) is 0.588. The molecule has 2 bridgehead atoms. The van der Waals surface area contributed by atoms with E-state index in [0.29, 0.717) is 30.1 Å². The summed E-state index contributed by atoms with van der Waals surface area (Å²) in [6.07, 6.45) is 5.16. The summed E-state index contributed by atoms with van der Waals surface area (Å²) in [6, 6.07) is 5.79. The molecule has 1 N–H and O–H groups in total. The molecule has 2 fully saturated rings. The highest BCUT2D eigenvalue weighted by Gasteiger charge is 2.34. The molecule has 2 aliphatic heterocycles. The van der Waals surface area contributed by atoms with Crippen molar-refractivity contribution < 1.29 is 13.9 Å². The fourth-order valence-corrected chi connectivity index (χ4v) is 3.73. The molecule has 1 aromatic rings. The average Bonchev–Trinajstić information content (AvgIpc) is 2.85. The summed E-state index contributed by atoms with van der Waals surface area (Å²) in [7, 11) is 3.14. The van der Waals surface area contributed by atoms with Gasteiger partial charge in [0.2, 0.25) is 5.91 Å². The Morgan fingerprint density at radius 1 is 1.36 bits per heavy atom. The Bertz CT molecular complexity index is 552. The van der Waals surface area contributed by atoms with Crippen LogP contribution in [0.2, 0.25) is 0 Å². The second-order valence-corrected chi connectivity index (χ2v) is 6.45. The topological polar surface area (TPSA) is 41.6 Å². The molecule has 2 atom stereocenters. The molecule has 3 rings (SSSR count). The summed E-state index contributed by atoms with van der Waals surface area (Å²) in [5, 5.41) is 3.59. The monoisotopic (exact) mass is 306 g/mol. The lowest BCUT2D eigenvalue weighted by Crippen LogP contribution is -2.40. The fourth-order valence-electron chi connectivity index (χ4n) is 3.73. The number of methoxy groups -OCH3 is 1. The van der Waals surface area contributed by atoms with Gasteiger partial charge in [0.1, 0.15) is 0 Å². The Balaban J connectivity index is 1.63. The third-order valence-electron chi connectivity index (χ3n) is 4.93. The number of halogens is 1. The van der Waals surface area contributed by atoms with Gasteiger partial charge in [0.25, 0.3) is 0 Å². The van der Waals surface area contributed by atoms with E-state index in [1.807, 2.05) is 0 Å². The normalized spacial score (nSPS) is 26.8. The number of amides is 1. The zero-order valence-corrected chi connectivity index (χ0v) is 13.1.